The van der Waals surface area contributed by atoms with Crippen molar-refractivity contribution >= 4 is 16.9 Å². The van der Waals surface area contributed by atoms with E-state index in [-0.39, 0.29) is 24.2 Å². The third-order valence-corrected chi connectivity index (χ3v) is 6.14. The largest absolute Gasteiger partial charge is 0.419 e. The van der Waals surface area contributed by atoms with E-state index in [1.165, 1.54) is 0 Å². The van der Waals surface area contributed by atoms with Crippen molar-refractivity contribution in [1.82, 2.24) is 29.6 Å². The summed E-state index contributed by atoms with van der Waals surface area (Å²) >= 11 is 0. The van der Waals surface area contributed by atoms with Gasteiger partial charge in [-0.3, -0.25) is 4.68 Å². The van der Waals surface area contributed by atoms with Gasteiger partial charge in [0.25, 0.3) is 0 Å². The van der Waals surface area contributed by atoms with Crippen molar-refractivity contribution in [3.05, 3.63) is 54.6 Å². The molecule has 1 aromatic carbocycles. The van der Waals surface area contributed by atoms with E-state index in [0.29, 0.717) is 28.7 Å². The number of hydrogen-bond acceptors (Lipinski definition) is 6. The second-order valence-corrected chi connectivity index (χ2v) is 9.78. The number of rotatable bonds is 6. The van der Waals surface area contributed by atoms with Gasteiger partial charge in [0.15, 0.2) is 0 Å². The molecule has 1 saturated heterocycles. The second kappa shape index (κ2) is 9.21. The van der Waals surface area contributed by atoms with Crippen LogP contribution in [-0.4, -0.2) is 54.2 Å². The quantitative estimate of drug-likeness (QED) is 0.368. The maximum Gasteiger partial charge on any atom is 0.419 e. The fourth-order valence-electron chi connectivity index (χ4n) is 4.56. The van der Waals surface area contributed by atoms with Crippen LogP contribution >= 0.6 is 0 Å². The first-order chi connectivity index (χ1) is 17.1. The van der Waals surface area contributed by atoms with Crippen molar-refractivity contribution < 1.29 is 18.3 Å². The lowest BCUT2D eigenvalue weighted by Crippen LogP contribution is -2.38. The summed E-state index contributed by atoms with van der Waals surface area (Å²) in [5.41, 5.74) is -0.310. The first kappa shape index (κ1) is 24.3. The Labute approximate surface area is 206 Å². The third-order valence-electron chi connectivity index (χ3n) is 6.14. The summed E-state index contributed by atoms with van der Waals surface area (Å²) in [6.07, 6.45) is 3.12. The lowest BCUT2D eigenvalue weighted by atomic mass is 10.1. The molecule has 1 fully saturated rings. The molecule has 0 unspecified atom stereocenters. The van der Waals surface area contributed by atoms with Crippen LogP contribution in [0.25, 0.3) is 27.8 Å². The average molecular weight is 500 g/mol. The van der Waals surface area contributed by atoms with Gasteiger partial charge in [0.2, 0.25) is 5.95 Å². The molecule has 3 aromatic heterocycles. The highest BCUT2D eigenvalue weighted by Gasteiger charge is 2.36. The van der Waals surface area contributed by atoms with E-state index in [0.717, 1.165) is 25.6 Å². The number of nitrogens with one attached hydrogen (secondary N) is 2. The number of aromatic nitrogens is 5. The van der Waals surface area contributed by atoms with Crippen LogP contribution < -0.4 is 10.6 Å². The zero-order chi connectivity index (χ0) is 25.5. The summed E-state index contributed by atoms with van der Waals surface area (Å²) in [6, 6.07) is 7.29. The molecule has 0 radical (unpaired) electrons. The van der Waals surface area contributed by atoms with Crippen molar-refractivity contribution in [2.75, 3.05) is 18.4 Å². The highest BCUT2D eigenvalue weighted by atomic mass is 19.4. The molecule has 190 valence electrons. The molecule has 0 spiro atoms. The van der Waals surface area contributed by atoms with Crippen LogP contribution in [0.5, 0.6) is 0 Å². The molecule has 3 N–H and O–H groups in total. The molecule has 5 rings (SSSR count). The minimum absolute atomic E-state index is 0.0475. The van der Waals surface area contributed by atoms with Gasteiger partial charge in [-0.05, 0) is 39.3 Å². The van der Waals surface area contributed by atoms with Crippen molar-refractivity contribution in [3.8, 4) is 16.9 Å². The molecule has 0 aliphatic carbocycles. The van der Waals surface area contributed by atoms with Gasteiger partial charge in [-0.2, -0.15) is 18.3 Å². The van der Waals surface area contributed by atoms with Crippen LogP contribution in [0.4, 0.5) is 19.1 Å². The van der Waals surface area contributed by atoms with Crippen LogP contribution in [0.2, 0.25) is 0 Å². The Morgan fingerprint density at radius 2 is 1.97 bits per heavy atom. The summed E-state index contributed by atoms with van der Waals surface area (Å²) in [7, 11) is 0. The topological polar surface area (TPSA) is 92.8 Å². The Balaban J connectivity index is 1.61. The van der Waals surface area contributed by atoms with Gasteiger partial charge in [-0.1, -0.05) is 18.2 Å². The Morgan fingerprint density at radius 3 is 2.69 bits per heavy atom. The van der Waals surface area contributed by atoms with E-state index in [1.54, 1.807) is 53.8 Å². The molecule has 1 aliphatic heterocycles. The zero-order valence-electron chi connectivity index (χ0n) is 20.0. The highest BCUT2D eigenvalue weighted by Crippen LogP contribution is 2.40. The van der Waals surface area contributed by atoms with Crippen LogP contribution in [-0.2, 0) is 12.7 Å². The van der Waals surface area contributed by atoms with E-state index in [1.807, 2.05) is 12.1 Å². The molecular formula is C25H28F3N7O. The molecule has 4 aromatic rings. The number of halogens is 3. The number of piperidine rings is 1. The number of anilines is 1. The van der Waals surface area contributed by atoms with E-state index in [9.17, 15) is 18.3 Å². The molecular weight excluding hydrogens is 471 g/mol. The number of alkyl halides is 3. The Hall–Kier alpha value is -3.44. The van der Waals surface area contributed by atoms with Crippen LogP contribution in [0.3, 0.4) is 0 Å². The SMILES string of the molecule is CC(C)(O)Cn1cc(-n2cc(-c3nc(N[C@H]4CCCNC4)ncc3C(F)(F)F)c3ccccc32)cn1. The maximum absolute atomic E-state index is 14.1. The number of nitrogens with zero attached hydrogens (tertiary/aromatic N) is 5. The maximum atomic E-state index is 14.1. The van der Waals surface area contributed by atoms with Gasteiger partial charge < -0.3 is 20.3 Å². The Kier molecular flexibility index (Phi) is 6.21. The van der Waals surface area contributed by atoms with Crippen molar-refractivity contribution in [2.24, 2.45) is 0 Å². The van der Waals surface area contributed by atoms with Gasteiger partial charge in [0.1, 0.15) is 5.56 Å². The average Bonchev–Trinajstić information content (AvgIpc) is 3.42. The zero-order valence-corrected chi connectivity index (χ0v) is 20.0. The summed E-state index contributed by atoms with van der Waals surface area (Å²) in [5.74, 6) is 0.168. The van der Waals surface area contributed by atoms with Gasteiger partial charge in [-0.25, -0.2) is 9.97 Å². The predicted molar refractivity (Wildman–Crippen MR) is 131 cm³/mol. The fourth-order valence-corrected chi connectivity index (χ4v) is 4.56. The van der Waals surface area contributed by atoms with Crippen LogP contribution in [0.1, 0.15) is 32.3 Å². The Bertz CT molecular complexity index is 1360. The Morgan fingerprint density at radius 1 is 1.17 bits per heavy atom. The minimum Gasteiger partial charge on any atom is -0.389 e. The number of benzene rings is 1. The molecule has 8 nitrogen and oxygen atoms in total. The summed E-state index contributed by atoms with van der Waals surface area (Å²) in [5, 5.41) is 21.5. The second-order valence-electron chi connectivity index (χ2n) is 9.78. The fraction of sp³-hybridized carbons (Fsp3) is 0.400. The first-order valence-corrected chi connectivity index (χ1v) is 11.9. The van der Waals surface area contributed by atoms with E-state index >= 15 is 0 Å². The molecule has 0 amide bonds. The van der Waals surface area contributed by atoms with Gasteiger partial charge in [0.05, 0.1) is 35.2 Å². The molecule has 0 saturated carbocycles. The molecule has 0 bridgehead atoms. The standard InChI is InChI=1S/C25H28F3N7O/c1-24(2,36)15-34-13-17(11-31-34)35-14-19(18-7-3-4-8-21(18)35)22-20(25(26,27)28)12-30-23(33-22)32-16-6-5-9-29-10-16/h3-4,7-8,11-14,16,29,36H,5-6,9-10,15H2,1-2H3,(H,30,32,33)/t16-/m0/s1. The number of fused-ring (bicyclic) bond motifs is 1. The molecule has 1 aliphatic rings. The smallest absolute Gasteiger partial charge is 0.389 e. The lowest BCUT2D eigenvalue weighted by Gasteiger charge is -2.24. The van der Waals surface area contributed by atoms with Crippen LogP contribution in [0, 0.1) is 0 Å². The monoisotopic (exact) mass is 499 g/mol. The van der Waals surface area contributed by atoms with Crippen molar-refractivity contribution in [2.45, 2.75) is 51.1 Å². The number of para-hydroxylation sites is 1. The molecule has 1 atom stereocenters. The van der Waals surface area contributed by atoms with Gasteiger partial charge in [-0.15, -0.1) is 0 Å². The third kappa shape index (κ3) is 5.07. The summed E-state index contributed by atoms with van der Waals surface area (Å²) < 4.78 is 45.6. The van der Waals surface area contributed by atoms with E-state index in [4.69, 9.17) is 0 Å². The van der Waals surface area contributed by atoms with Crippen molar-refractivity contribution in [1.29, 1.82) is 0 Å². The minimum atomic E-state index is -4.62. The van der Waals surface area contributed by atoms with Crippen LogP contribution in [0.15, 0.2) is 49.1 Å². The highest BCUT2D eigenvalue weighted by molar-refractivity contribution is 5.97. The summed E-state index contributed by atoms with van der Waals surface area (Å²) in [4.78, 5) is 8.37. The number of hydrogen-bond donors (Lipinski definition) is 3. The first-order valence-electron chi connectivity index (χ1n) is 11.9. The van der Waals surface area contributed by atoms with Gasteiger partial charge >= 0.3 is 6.18 Å². The van der Waals surface area contributed by atoms with E-state index in [2.05, 4.69) is 25.7 Å². The molecule has 36 heavy (non-hydrogen) atoms. The van der Waals surface area contributed by atoms with Gasteiger partial charge in [0, 0.05) is 42.1 Å². The van der Waals surface area contributed by atoms with Crippen molar-refractivity contribution in [3.63, 3.8) is 0 Å². The summed E-state index contributed by atoms with van der Waals surface area (Å²) in [6.45, 7) is 5.26. The molecule has 4 heterocycles. The van der Waals surface area contributed by atoms with E-state index < -0.39 is 17.3 Å². The number of aliphatic hydroxyl groups is 1. The lowest BCUT2D eigenvalue weighted by molar-refractivity contribution is -0.137. The molecule has 11 heteroatoms. The predicted octanol–water partition coefficient (Wildman–Crippen LogP) is 4.24. The normalized spacial score (nSPS) is 17.0.